The summed E-state index contributed by atoms with van der Waals surface area (Å²) in [4.78, 5) is 7.28. The second kappa shape index (κ2) is 7.26. The van der Waals surface area contributed by atoms with Crippen LogP contribution in [-0.2, 0) is 12.0 Å². The number of rotatable bonds is 6. The molecule has 1 heterocycles. The van der Waals surface area contributed by atoms with Gasteiger partial charge in [-0.05, 0) is 38.5 Å². The average molecular weight is 291 g/mol. The fraction of sp³-hybridized carbons (Fsp3) is 0.722. The largest absolute Gasteiger partial charge is 0.354 e. The number of aromatic nitrogens is 1. The predicted octanol–water partition coefficient (Wildman–Crippen LogP) is 4.11. The molecule has 0 aliphatic heterocycles. The molecule has 0 amide bonds. The zero-order chi connectivity index (χ0) is 16.2. The van der Waals surface area contributed by atoms with Crippen LogP contribution in [0.15, 0.2) is 12.1 Å². The molecule has 1 rings (SSSR count). The minimum atomic E-state index is 0.0684. The van der Waals surface area contributed by atoms with E-state index in [1.165, 1.54) is 11.3 Å². The molecule has 0 spiro atoms. The first kappa shape index (κ1) is 18.0. The van der Waals surface area contributed by atoms with Crippen LogP contribution >= 0.6 is 0 Å². The smallest absolute Gasteiger partial charge is 0.129 e. The summed E-state index contributed by atoms with van der Waals surface area (Å²) in [7, 11) is 0. The Hall–Kier alpha value is -1.09. The summed E-state index contributed by atoms with van der Waals surface area (Å²) in [6.45, 7) is 19.6. The van der Waals surface area contributed by atoms with E-state index in [0.29, 0.717) is 12.1 Å². The van der Waals surface area contributed by atoms with E-state index in [0.717, 1.165) is 18.9 Å². The Labute approximate surface area is 131 Å². The molecule has 0 radical (unpaired) electrons. The fourth-order valence-corrected chi connectivity index (χ4v) is 2.32. The lowest BCUT2D eigenvalue weighted by atomic mass is 9.90. The Bertz CT molecular complexity index is 444. The van der Waals surface area contributed by atoms with E-state index in [-0.39, 0.29) is 5.41 Å². The molecule has 0 saturated carbocycles. The highest BCUT2D eigenvalue weighted by Crippen LogP contribution is 2.25. The lowest BCUT2D eigenvalue weighted by molar-refractivity contribution is 0.557. The van der Waals surface area contributed by atoms with Gasteiger partial charge in [-0.15, -0.1) is 0 Å². The molecule has 1 aromatic heterocycles. The first-order valence-corrected chi connectivity index (χ1v) is 8.16. The molecule has 0 aliphatic rings. The van der Waals surface area contributed by atoms with Crippen molar-refractivity contribution in [3.63, 3.8) is 0 Å². The van der Waals surface area contributed by atoms with Gasteiger partial charge in [0.25, 0.3) is 0 Å². The summed E-state index contributed by atoms with van der Waals surface area (Å²) in [5.41, 5.74) is 2.55. The van der Waals surface area contributed by atoms with Gasteiger partial charge in [0.1, 0.15) is 5.82 Å². The molecule has 0 unspecified atom stereocenters. The average Bonchev–Trinajstić information content (AvgIpc) is 2.35. The lowest BCUT2D eigenvalue weighted by Gasteiger charge is -2.29. The van der Waals surface area contributed by atoms with Crippen molar-refractivity contribution in [1.29, 1.82) is 0 Å². The number of nitrogens with one attached hydrogen (secondary N) is 1. The van der Waals surface area contributed by atoms with Crippen LogP contribution < -0.4 is 10.2 Å². The third kappa shape index (κ3) is 5.31. The number of anilines is 1. The number of hydrogen-bond acceptors (Lipinski definition) is 3. The molecule has 120 valence electrons. The highest BCUT2D eigenvalue weighted by atomic mass is 15.2. The molecule has 21 heavy (non-hydrogen) atoms. The maximum Gasteiger partial charge on any atom is 0.129 e. The zero-order valence-corrected chi connectivity index (χ0v) is 15.1. The van der Waals surface area contributed by atoms with Crippen LogP contribution in [0.4, 0.5) is 5.82 Å². The first-order chi connectivity index (χ1) is 9.65. The predicted molar refractivity (Wildman–Crippen MR) is 93.1 cm³/mol. The van der Waals surface area contributed by atoms with Gasteiger partial charge in [-0.1, -0.05) is 34.6 Å². The molecule has 0 aliphatic carbocycles. The maximum absolute atomic E-state index is 4.92. The maximum atomic E-state index is 4.92. The standard InChI is InChI=1S/C18H33N3/c1-9-21(14(4)5)17-11-15(12-19-13(2)3)10-16(20-17)18(6,7)8/h10-11,13-14,19H,9,12H2,1-8H3. The molecule has 3 heteroatoms. The summed E-state index contributed by atoms with van der Waals surface area (Å²) < 4.78 is 0. The molecular formula is C18H33N3. The lowest BCUT2D eigenvalue weighted by Crippen LogP contribution is -2.32. The number of hydrogen-bond donors (Lipinski definition) is 1. The van der Waals surface area contributed by atoms with Crippen molar-refractivity contribution in [3.05, 3.63) is 23.4 Å². The Morgan fingerprint density at radius 2 is 1.76 bits per heavy atom. The van der Waals surface area contributed by atoms with Crippen molar-refractivity contribution < 1.29 is 0 Å². The summed E-state index contributed by atoms with van der Waals surface area (Å²) >= 11 is 0. The van der Waals surface area contributed by atoms with Crippen LogP contribution in [0.5, 0.6) is 0 Å². The van der Waals surface area contributed by atoms with Crippen LogP contribution in [0.3, 0.4) is 0 Å². The van der Waals surface area contributed by atoms with E-state index < -0.39 is 0 Å². The Morgan fingerprint density at radius 1 is 1.14 bits per heavy atom. The van der Waals surface area contributed by atoms with Gasteiger partial charge in [-0.3, -0.25) is 0 Å². The Balaban J connectivity index is 3.20. The second-order valence-corrected chi connectivity index (χ2v) is 7.38. The highest BCUT2D eigenvalue weighted by molar-refractivity contribution is 5.44. The highest BCUT2D eigenvalue weighted by Gasteiger charge is 2.19. The quantitative estimate of drug-likeness (QED) is 0.855. The van der Waals surface area contributed by atoms with Crippen molar-refractivity contribution >= 4 is 5.82 Å². The third-order valence-corrected chi connectivity index (χ3v) is 3.61. The van der Waals surface area contributed by atoms with Gasteiger partial charge < -0.3 is 10.2 Å². The molecule has 0 bridgehead atoms. The van der Waals surface area contributed by atoms with Crippen LogP contribution in [0, 0.1) is 0 Å². The van der Waals surface area contributed by atoms with Crippen molar-refractivity contribution in [3.8, 4) is 0 Å². The summed E-state index contributed by atoms with van der Waals surface area (Å²) in [6.07, 6.45) is 0. The molecule has 0 atom stereocenters. The molecule has 3 nitrogen and oxygen atoms in total. The van der Waals surface area contributed by atoms with E-state index in [1.807, 2.05) is 0 Å². The minimum absolute atomic E-state index is 0.0684. The number of nitrogens with zero attached hydrogens (tertiary/aromatic N) is 2. The van der Waals surface area contributed by atoms with Crippen LogP contribution in [0.25, 0.3) is 0 Å². The molecule has 0 fully saturated rings. The monoisotopic (exact) mass is 291 g/mol. The van der Waals surface area contributed by atoms with E-state index in [2.05, 4.69) is 77.7 Å². The van der Waals surface area contributed by atoms with Crippen LogP contribution in [0.2, 0.25) is 0 Å². The third-order valence-electron chi connectivity index (χ3n) is 3.61. The van der Waals surface area contributed by atoms with Gasteiger partial charge in [0, 0.05) is 36.3 Å². The number of pyridine rings is 1. The van der Waals surface area contributed by atoms with E-state index in [1.54, 1.807) is 0 Å². The van der Waals surface area contributed by atoms with Gasteiger partial charge in [0.15, 0.2) is 0 Å². The Morgan fingerprint density at radius 3 is 2.19 bits per heavy atom. The summed E-state index contributed by atoms with van der Waals surface area (Å²) in [5.74, 6) is 1.10. The van der Waals surface area contributed by atoms with Gasteiger partial charge >= 0.3 is 0 Å². The van der Waals surface area contributed by atoms with Gasteiger partial charge in [0.05, 0.1) is 0 Å². The Kier molecular flexibility index (Phi) is 6.21. The first-order valence-electron chi connectivity index (χ1n) is 8.16. The van der Waals surface area contributed by atoms with E-state index in [4.69, 9.17) is 4.98 Å². The van der Waals surface area contributed by atoms with Crippen molar-refractivity contribution in [2.24, 2.45) is 0 Å². The zero-order valence-electron chi connectivity index (χ0n) is 15.1. The normalized spacial score (nSPS) is 12.3. The fourth-order valence-electron chi connectivity index (χ4n) is 2.32. The van der Waals surface area contributed by atoms with Crippen LogP contribution in [-0.4, -0.2) is 23.6 Å². The molecule has 0 saturated heterocycles. The molecule has 1 aromatic rings. The molecule has 0 aromatic carbocycles. The second-order valence-electron chi connectivity index (χ2n) is 7.38. The summed E-state index contributed by atoms with van der Waals surface area (Å²) in [5, 5.41) is 3.51. The van der Waals surface area contributed by atoms with Gasteiger partial charge in [-0.25, -0.2) is 4.98 Å². The van der Waals surface area contributed by atoms with Crippen molar-refractivity contribution in [1.82, 2.24) is 10.3 Å². The summed E-state index contributed by atoms with van der Waals surface area (Å²) in [6, 6.07) is 5.43. The van der Waals surface area contributed by atoms with Gasteiger partial charge in [-0.2, -0.15) is 0 Å². The minimum Gasteiger partial charge on any atom is -0.354 e. The SMILES string of the molecule is CCN(c1cc(CNC(C)C)cc(C(C)(C)C)n1)C(C)C. The topological polar surface area (TPSA) is 28.2 Å². The van der Waals surface area contributed by atoms with Crippen LogP contribution in [0.1, 0.15) is 66.6 Å². The molecule has 1 N–H and O–H groups in total. The molecular weight excluding hydrogens is 258 g/mol. The van der Waals surface area contributed by atoms with Gasteiger partial charge in [0.2, 0.25) is 0 Å². The van der Waals surface area contributed by atoms with Crippen molar-refractivity contribution in [2.45, 2.75) is 79.4 Å². The van der Waals surface area contributed by atoms with Crippen molar-refractivity contribution in [2.75, 3.05) is 11.4 Å². The van der Waals surface area contributed by atoms with E-state index >= 15 is 0 Å². The van der Waals surface area contributed by atoms with E-state index in [9.17, 15) is 0 Å².